The zero-order valence-corrected chi connectivity index (χ0v) is 6.73. The average molecular weight is 150 g/mol. The number of isocyanates is 1. The molecule has 0 aliphatic heterocycles. The van der Waals surface area contributed by atoms with Crippen LogP contribution in [-0.4, -0.2) is 21.5 Å². The largest absolute Gasteiger partial charge is 0.234 e. The van der Waals surface area contributed by atoms with Crippen molar-refractivity contribution in [3.63, 3.8) is 0 Å². The summed E-state index contributed by atoms with van der Waals surface area (Å²) in [7, 11) is -0.332. The van der Waals surface area contributed by atoms with Crippen LogP contribution in [0.1, 0.15) is 6.42 Å². The molecule has 46 valence electrons. The second kappa shape index (κ2) is 6.89. The Kier molecular flexibility index (Phi) is 6.79. The minimum Gasteiger partial charge on any atom is -0.211 e. The Hall–Kier alpha value is -0.113. The van der Waals surface area contributed by atoms with Crippen LogP contribution in [0.25, 0.3) is 0 Å². The number of carbonyl (C=O) groups excluding carboxylic acids is 1. The molecule has 0 aliphatic rings. The molecule has 0 spiro atoms. The van der Waals surface area contributed by atoms with E-state index in [0.717, 1.165) is 12.5 Å². The maximum absolute atomic E-state index is 9.45. The van der Waals surface area contributed by atoms with Crippen LogP contribution in [0.4, 0.5) is 0 Å². The highest BCUT2D eigenvalue weighted by atomic mass is 35.6. The van der Waals surface area contributed by atoms with Gasteiger partial charge in [-0.25, -0.2) is 9.79 Å². The maximum Gasteiger partial charge on any atom is 0.234 e. The van der Waals surface area contributed by atoms with Gasteiger partial charge >= 0.3 is 0 Å². The summed E-state index contributed by atoms with van der Waals surface area (Å²) in [6.07, 6.45) is 2.42. The number of hydrogen-bond donors (Lipinski definition) is 0. The third kappa shape index (κ3) is 5.89. The van der Waals surface area contributed by atoms with Gasteiger partial charge in [-0.1, -0.05) is 0 Å². The molecule has 0 atom stereocenters. The monoisotopic (exact) mass is 149 g/mol. The quantitative estimate of drug-likeness (QED) is 0.188. The van der Waals surface area contributed by atoms with Crippen LogP contribution in [0.5, 0.6) is 0 Å². The van der Waals surface area contributed by atoms with Crippen molar-refractivity contribution in [2.75, 3.05) is 6.54 Å². The van der Waals surface area contributed by atoms with E-state index >= 15 is 0 Å². The number of halogens is 1. The van der Waals surface area contributed by atoms with Crippen LogP contribution >= 0.6 is 11.1 Å². The molecular weight excluding hydrogens is 142 g/mol. The molecule has 0 rings (SSSR count). The molecule has 0 saturated heterocycles. The fraction of sp³-hybridized carbons (Fsp3) is 0.750. The average Bonchev–Trinajstić information content (AvgIpc) is 1.81. The van der Waals surface area contributed by atoms with E-state index in [0.29, 0.717) is 6.54 Å². The summed E-state index contributed by atoms with van der Waals surface area (Å²) in [5, 5.41) is 0. The lowest BCUT2D eigenvalue weighted by Crippen LogP contribution is -1.81. The van der Waals surface area contributed by atoms with Crippen molar-refractivity contribution < 1.29 is 4.79 Å². The van der Waals surface area contributed by atoms with Crippen molar-refractivity contribution in [1.29, 1.82) is 0 Å². The topological polar surface area (TPSA) is 29.4 Å². The molecule has 0 unspecified atom stereocenters. The van der Waals surface area contributed by atoms with Crippen LogP contribution in [-0.2, 0) is 4.79 Å². The Morgan fingerprint density at radius 1 is 1.75 bits per heavy atom. The summed E-state index contributed by atoms with van der Waals surface area (Å²) in [5.74, 6) is 0. The minimum atomic E-state index is -0.332. The van der Waals surface area contributed by atoms with E-state index in [1.165, 1.54) is 6.08 Å². The molecule has 0 aromatic carbocycles. The number of aliphatic imine (C=N–C) groups is 1. The summed E-state index contributed by atoms with van der Waals surface area (Å²) >= 11 is 5.48. The fourth-order valence-electron chi connectivity index (χ4n) is 0.331. The SMILES string of the molecule is O=C=NCCC[SiH2]Cl. The lowest BCUT2D eigenvalue weighted by atomic mass is 10.5. The molecule has 0 radical (unpaired) electrons. The first kappa shape index (κ1) is 7.89. The zero-order chi connectivity index (χ0) is 6.24. The third-order valence-corrected chi connectivity index (χ3v) is 2.29. The maximum atomic E-state index is 9.45. The Morgan fingerprint density at radius 2 is 2.50 bits per heavy atom. The van der Waals surface area contributed by atoms with Crippen LogP contribution in [0, 0.1) is 0 Å². The van der Waals surface area contributed by atoms with Gasteiger partial charge in [-0.05, 0) is 12.5 Å². The molecule has 0 amide bonds. The normalized spacial score (nSPS) is 9.62. The van der Waals surface area contributed by atoms with E-state index in [4.69, 9.17) is 11.1 Å². The summed E-state index contributed by atoms with van der Waals surface area (Å²) in [4.78, 5) is 12.8. The van der Waals surface area contributed by atoms with E-state index in [2.05, 4.69) is 4.99 Å². The van der Waals surface area contributed by atoms with Gasteiger partial charge in [0.2, 0.25) is 6.08 Å². The van der Waals surface area contributed by atoms with E-state index < -0.39 is 0 Å². The standard InChI is InChI=1S/C4H8ClNOSi/c5-8-3-1-2-6-4-7/h1-3,8H2. The highest BCUT2D eigenvalue weighted by molar-refractivity contribution is 6.93. The van der Waals surface area contributed by atoms with Gasteiger partial charge in [0.1, 0.15) is 8.83 Å². The van der Waals surface area contributed by atoms with Gasteiger partial charge in [0, 0.05) is 0 Å². The highest BCUT2D eigenvalue weighted by Gasteiger charge is 1.82. The lowest BCUT2D eigenvalue weighted by molar-refractivity contribution is 0.562. The molecule has 8 heavy (non-hydrogen) atoms. The minimum absolute atomic E-state index is 0.332. The van der Waals surface area contributed by atoms with E-state index in [1.54, 1.807) is 0 Å². The number of nitrogens with zero attached hydrogens (tertiary/aromatic N) is 1. The predicted molar refractivity (Wildman–Crippen MR) is 36.8 cm³/mol. The van der Waals surface area contributed by atoms with Gasteiger partial charge < -0.3 is 0 Å². The second-order valence-corrected chi connectivity index (χ2v) is 3.59. The van der Waals surface area contributed by atoms with E-state index in [1.807, 2.05) is 0 Å². The smallest absolute Gasteiger partial charge is 0.211 e. The lowest BCUT2D eigenvalue weighted by Gasteiger charge is -1.84. The Bertz CT molecular complexity index is 92.0. The van der Waals surface area contributed by atoms with Crippen LogP contribution in [0.2, 0.25) is 6.04 Å². The van der Waals surface area contributed by atoms with Crippen molar-refractivity contribution in [3.8, 4) is 0 Å². The summed E-state index contributed by atoms with van der Waals surface area (Å²) in [6.45, 7) is 0.600. The van der Waals surface area contributed by atoms with Crippen molar-refractivity contribution in [3.05, 3.63) is 0 Å². The Labute approximate surface area is 55.5 Å². The van der Waals surface area contributed by atoms with Crippen molar-refractivity contribution in [1.82, 2.24) is 0 Å². The molecule has 0 bridgehead atoms. The first-order valence-electron chi connectivity index (χ1n) is 2.51. The van der Waals surface area contributed by atoms with Gasteiger partial charge in [-0.3, -0.25) is 0 Å². The van der Waals surface area contributed by atoms with Gasteiger partial charge in [-0.15, -0.1) is 0 Å². The Morgan fingerprint density at radius 3 is 3.00 bits per heavy atom. The molecule has 0 aromatic heterocycles. The van der Waals surface area contributed by atoms with Crippen molar-refractivity contribution >= 4 is 26.0 Å². The molecule has 4 heteroatoms. The van der Waals surface area contributed by atoms with Crippen molar-refractivity contribution in [2.24, 2.45) is 4.99 Å². The molecule has 0 heterocycles. The van der Waals surface area contributed by atoms with Crippen LogP contribution in [0.15, 0.2) is 4.99 Å². The molecule has 0 aromatic rings. The number of hydrogen-bond acceptors (Lipinski definition) is 2. The van der Waals surface area contributed by atoms with E-state index in [-0.39, 0.29) is 8.83 Å². The second-order valence-electron chi connectivity index (χ2n) is 1.37. The summed E-state index contributed by atoms with van der Waals surface area (Å²) in [6, 6.07) is 1.06. The van der Waals surface area contributed by atoms with Crippen LogP contribution < -0.4 is 0 Å². The van der Waals surface area contributed by atoms with Gasteiger partial charge in [-0.2, -0.15) is 11.1 Å². The first-order valence-corrected chi connectivity index (χ1v) is 5.65. The molecule has 0 aliphatic carbocycles. The molecular formula is C4H8ClNOSi. The summed E-state index contributed by atoms with van der Waals surface area (Å²) < 4.78 is 0. The fourth-order valence-corrected chi connectivity index (χ4v) is 1.31. The van der Waals surface area contributed by atoms with Gasteiger partial charge in [0.15, 0.2) is 0 Å². The van der Waals surface area contributed by atoms with Gasteiger partial charge in [0.05, 0.1) is 6.54 Å². The molecule has 0 fully saturated rings. The Balaban J connectivity index is 2.82. The third-order valence-electron chi connectivity index (χ3n) is 0.718. The van der Waals surface area contributed by atoms with E-state index in [9.17, 15) is 4.79 Å². The number of rotatable bonds is 4. The zero-order valence-electron chi connectivity index (χ0n) is 4.56. The van der Waals surface area contributed by atoms with Crippen molar-refractivity contribution in [2.45, 2.75) is 12.5 Å². The highest BCUT2D eigenvalue weighted by Crippen LogP contribution is 1.89. The predicted octanol–water partition coefficient (Wildman–Crippen LogP) is 0.453. The summed E-state index contributed by atoms with van der Waals surface area (Å²) in [5.41, 5.74) is 0. The molecule has 0 N–H and O–H groups in total. The van der Waals surface area contributed by atoms with Gasteiger partial charge in [0.25, 0.3) is 0 Å². The first-order chi connectivity index (χ1) is 3.91. The molecule has 0 saturated carbocycles. The van der Waals surface area contributed by atoms with Crippen LogP contribution in [0.3, 0.4) is 0 Å². The molecule has 2 nitrogen and oxygen atoms in total.